The second-order valence-corrected chi connectivity index (χ2v) is 7.25. The highest BCUT2D eigenvalue weighted by Crippen LogP contribution is 2.33. The van der Waals surface area contributed by atoms with Gasteiger partial charge in [0.15, 0.2) is 0 Å². The molecule has 2 heteroatoms. The molecule has 0 aromatic carbocycles. The lowest BCUT2D eigenvalue weighted by molar-refractivity contribution is 0.161. The fourth-order valence-electron chi connectivity index (χ4n) is 3.71. The van der Waals surface area contributed by atoms with Gasteiger partial charge in [0.1, 0.15) is 0 Å². The fourth-order valence-corrected chi connectivity index (χ4v) is 3.71. The van der Waals surface area contributed by atoms with E-state index in [-0.39, 0.29) is 0 Å². The summed E-state index contributed by atoms with van der Waals surface area (Å²) in [5.74, 6) is 1.87. The summed E-state index contributed by atoms with van der Waals surface area (Å²) in [7, 11) is 2.33. The molecule has 2 aliphatic rings. The lowest BCUT2D eigenvalue weighted by Gasteiger charge is -2.39. The monoisotopic (exact) mass is 266 g/mol. The van der Waals surface area contributed by atoms with Crippen LogP contribution in [-0.2, 0) is 0 Å². The molecule has 0 bridgehead atoms. The average molecular weight is 266 g/mol. The summed E-state index contributed by atoms with van der Waals surface area (Å²) in [6.45, 7) is 7.21. The van der Waals surface area contributed by atoms with Gasteiger partial charge in [-0.3, -0.25) is 0 Å². The zero-order valence-corrected chi connectivity index (χ0v) is 13.3. The number of nitrogens with one attached hydrogen (secondary N) is 1. The van der Waals surface area contributed by atoms with Crippen LogP contribution in [0.4, 0.5) is 0 Å². The van der Waals surface area contributed by atoms with Gasteiger partial charge in [0.25, 0.3) is 0 Å². The Hall–Kier alpha value is -0.0800. The first kappa shape index (κ1) is 15.3. The Labute approximate surface area is 120 Å². The topological polar surface area (TPSA) is 15.3 Å². The van der Waals surface area contributed by atoms with Crippen LogP contribution in [0, 0.1) is 11.8 Å². The first-order valence-electron chi connectivity index (χ1n) is 8.60. The third-order valence-electron chi connectivity index (χ3n) is 5.44. The number of nitrogens with zero attached hydrogens (tertiary/aromatic N) is 1. The molecule has 0 spiro atoms. The maximum Gasteiger partial charge on any atom is 0.00922 e. The lowest BCUT2D eigenvalue weighted by Crippen LogP contribution is -2.44. The Kier molecular flexibility index (Phi) is 6.15. The summed E-state index contributed by atoms with van der Waals surface area (Å²) in [5.41, 5.74) is 0. The molecule has 0 aliphatic heterocycles. The van der Waals surface area contributed by atoms with E-state index in [1.54, 1.807) is 0 Å². The molecule has 0 heterocycles. The van der Waals surface area contributed by atoms with E-state index in [1.165, 1.54) is 64.5 Å². The van der Waals surface area contributed by atoms with Crippen LogP contribution in [0.1, 0.15) is 65.2 Å². The second-order valence-electron chi connectivity index (χ2n) is 7.25. The summed E-state index contributed by atoms with van der Waals surface area (Å²) < 4.78 is 0. The highest BCUT2D eigenvalue weighted by Gasteiger charge is 2.30. The van der Waals surface area contributed by atoms with Crippen molar-refractivity contribution >= 4 is 0 Å². The van der Waals surface area contributed by atoms with Gasteiger partial charge in [0.05, 0.1) is 0 Å². The van der Waals surface area contributed by atoms with E-state index in [2.05, 4.69) is 31.1 Å². The summed E-state index contributed by atoms with van der Waals surface area (Å²) in [4.78, 5) is 2.61. The van der Waals surface area contributed by atoms with E-state index >= 15 is 0 Å². The zero-order valence-electron chi connectivity index (χ0n) is 13.3. The molecule has 19 heavy (non-hydrogen) atoms. The third-order valence-corrected chi connectivity index (χ3v) is 5.44. The highest BCUT2D eigenvalue weighted by atomic mass is 15.1. The van der Waals surface area contributed by atoms with E-state index in [1.807, 2.05) is 0 Å². The van der Waals surface area contributed by atoms with Crippen molar-refractivity contribution in [3.05, 3.63) is 0 Å². The minimum Gasteiger partial charge on any atom is -0.314 e. The normalized spacial score (nSPS) is 28.9. The quantitative estimate of drug-likeness (QED) is 0.707. The van der Waals surface area contributed by atoms with Gasteiger partial charge in [-0.15, -0.1) is 0 Å². The van der Waals surface area contributed by atoms with Crippen LogP contribution >= 0.6 is 0 Å². The molecule has 112 valence electrons. The molecule has 2 saturated carbocycles. The molecule has 0 aromatic heterocycles. The molecule has 0 saturated heterocycles. The minimum absolute atomic E-state index is 0.826. The number of rotatable bonds is 7. The Morgan fingerprint density at radius 3 is 2.42 bits per heavy atom. The van der Waals surface area contributed by atoms with Gasteiger partial charge in [-0.2, -0.15) is 0 Å². The molecule has 2 rings (SSSR count). The molecule has 0 aromatic rings. The van der Waals surface area contributed by atoms with E-state index in [0.717, 1.165) is 23.9 Å². The molecule has 1 N–H and O–H groups in total. The third kappa shape index (κ3) is 4.75. The summed E-state index contributed by atoms with van der Waals surface area (Å²) in [6, 6.07) is 1.70. The van der Waals surface area contributed by atoms with Crippen molar-refractivity contribution in [2.24, 2.45) is 11.8 Å². The van der Waals surface area contributed by atoms with Crippen LogP contribution in [0.2, 0.25) is 0 Å². The second kappa shape index (κ2) is 7.64. The lowest BCUT2D eigenvalue weighted by atomic mass is 9.74. The van der Waals surface area contributed by atoms with Crippen molar-refractivity contribution in [1.82, 2.24) is 10.2 Å². The van der Waals surface area contributed by atoms with Crippen LogP contribution < -0.4 is 5.32 Å². The fraction of sp³-hybridized carbons (Fsp3) is 1.00. The first-order chi connectivity index (χ1) is 9.16. The van der Waals surface area contributed by atoms with Crippen molar-refractivity contribution in [3.8, 4) is 0 Å². The predicted octanol–water partition coefficient (Wildman–Crippen LogP) is 3.67. The summed E-state index contributed by atoms with van der Waals surface area (Å²) in [6.07, 6.45) is 11.4. The van der Waals surface area contributed by atoms with Crippen LogP contribution in [0.15, 0.2) is 0 Å². The predicted molar refractivity (Wildman–Crippen MR) is 83.5 cm³/mol. The van der Waals surface area contributed by atoms with Gasteiger partial charge >= 0.3 is 0 Å². The average Bonchev–Trinajstić information content (AvgIpc) is 2.36. The molecule has 2 nitrogen and oxygen atoms in total. The smallest absolute Gasteiger partial charge is 0.00922 e. The Balaban J connectivity index is 1.48. The summed E-state index contributed by atoms with van der Waals surface area (Å²) in [5, 5.41) is 3.74. The number of hydrogen-bond donors (Lipinski definition) is 1. The zero-order chi connectivity index (χ0) is 13.7. The van der Waals surface area contributed by atoms with Crippen LogP contribution in [0.5, 0.6) is 0 Å². The Bertz CT molecular complexity index is 240. The van der Waals surface area contributed by atoms with E-state index in [4.69, 9.17) is 0 Å². The minimum atomic E-state index is 0.826. The van der Waals surface area contributed by atoms with Gasteiger partial charge in [-0.05, 0) is 64.1 Å². The van der Waals surface area contributed by atoms with E-state index < -0.39 is 0 Å². The Morgan fingerprint density at radius 2 is 1.79 bits per heavy atom. The standard InChI is InChI=1S/C17H34N2/c1-14(2)15-12-16(13-15)18-10-7-11-19(3)17-8-5-4-6-9-17/h14-18H,4-13H2,1-3H3. The highest BCUT2D eigenvalue weighted by molar-refractivity contribution is 4.86. The van der Waals surface area contributed by atoms with Crippen molar-refractivity contribution in [2.75, 3.05) is 20.1 Å². The van der Waals surface area contributed by atoms with Crippen molar-refractivity contribution in [3.63, 3.8) is 0 Å². The molecule has 0 atom stereocenters. The van der Waals surface area contributed by atoms with Crippen LogP contribution in [0.25, 0.3) is 0 Å². The van der Waals surface area contributed by atoms with Crippen molar-refractivity contribution < 1.29 is 0 Å². The van der Waals surface area contributed by atoms with Gasteiger partial charge in [-0.25, -0.2) is 0 Å². The Morgan fingerprint density at radius 1 is 1.11 bits per heavy atom. The maximum absolute atomic E-state index is 3.74. The van der Waals surface area contributed by atoms with Crippen LogP contribution in [0.3, 0.4) is 0 Å². The van der Waals surface area contributed by atoms with Gasteiger partial charge in [0, 0.05) is 12.1 Å². The van der Waals surface area contributed by atoms with E-state index in [9.17, 15) is 0 Å². The molecule has 2 aliphatic carbocycles. The van der Waals surface area contributed by atoms with Crippen molar-refractivity contribution in [2.45, 2.75) is 77.3 Å². The van der Waals surface area contributed by atoms with Gasteiger partial charge in [-0.1, -0.05) is 33.1 Å². The van der Waals surface area contributed by atoms with Gasteiger partial charge in [0.2, 0.25) is 0 Å². The molecule has 0 unspecified atom stereocenters. The SMILES string of the molecule is CC(C)C1CC(NCCCN(C)C2CCCCC2)C1. The van der Waals surface area contributed by atoms with Gasteiger partial charge < -0.3 is 10.2 Å². The van der Waals surface area contributed by atoms with Crippen LogP contribution in [-0.4, -0.2) is 37.1 Å². The number of hydrogen-bond acceptors (Lipinski definition) is 2. The van der Waals surface area contributed by atoms with E-state index in [0.29, 0.717) is 0 Å². The molecule has 0 radical (unpaired) electrons. The largest absolute Gasteiger partial charge is 0.314 e. The molecule has 2 fully saturated rings. The van der Waals surface area contributed by atoms with Crippen molar-refractivity contribution in [1.29, 1.82) is 0 Å². The molecule has 0 amide bonds. The first-order valence-corrected chi connectivity index (χ1v) is 8.60. The molecular weight excluding hydrogens is 232 g/mol. The molecular formula is C17H34N2. The maximum atomic E-state index is 3.74. The summed E-state index contributed by atoms with van der Waals surface area (Å²) >= 11 is 0.